The summed E-state index contributed by atoms with van der Waals surface area (Å²) in [5, 5.41) is 84.8. The number of fused-ring (bicyclic) bond motifs is 4. The number of nitriles is 2. The highest BCUT2D eigenvalue weighted by atomic mass is 32.2. The van der Waals surface area contributed by atoms with Gasteiger partial charge in [-0.3, -0.25) is 52.1 Å². The van der Waals surface area contributed by atoms with Gasteiger partial charge in [0.1, 0.15) is 56.3 Å². The van der Waals surface area contributed by atoms with Crippen molar-refractivity contribution < 1.29 is 114 Å². The molecule has 148 heavy (non-hydrogen) atoms. The summed E-state index contributed by atoms with van der Waals surface area (Å²) in [4.78, 5) is 47.9. The molecule has 1 unspecified atom stereocenters. The lowest BCUT2D eigenvalue weighted by molar-refractivity contribution is -0.385. The van der Waals surface area contributed by atoms with Gasteiger partial charge in [0, 0.05) is 85.3 Å². The van der Waals surface area contributed by atoms with Crippen LogP contribution in [0.5, 0.6) is 0 Å². The number of nitrogens with one attached hydrogen (secondary N) is 4. The van der Waals surface area contributed by atoms with Crippen LogP contribution in [0.4, 0.5) is 94.7 Å². The minimum absolute atomic E-state index is 0.0242. The van der Waals surface area contributed by atoms with Crippen molar-refractivity contribution in [1.29, 1.82) is 10.5 Å². The van der Waals surface area contributed by atoms with Gasteiger partial charge in [0.05, 0.1) is 56.8 Å². The van der Waals surface area contributed by atoms with Gasteiger partial charge in [0.15, 0.2) is 49.0 Å². The van der Waals surface area contributed by atoms with Gasteiger partial charge in [-0.2, -0.15) is 69.4 Å². The van der Waals surface area contributed by atoms with Crippen molar-refractivity contribution in [3.63, 3.8) is 0 Å². The van der Waals surface area contributed by atoms with E-state index in [-0.39, 0.29) is 109 Å². The summed E-state index contributed by atoms with van der Waals surface area (Å²) >= 11 is -1.02. The Kier molecular flexibility index (Phi) is 32.9. The van der Waals surface area contributed by atoms with E-state index < -0.39 is 143 Å². The number of hydrogen-bond donors (Lipinski definition) is 13. The Balaban J connectivity index is 0.000000196. The largest absolute Gasteiger partial charge is 0.375 e. The number of azo groups is 3. The number of non-ortho nitro benzene ring substituents is 2. The van der Waals surface area contributed by atoms with Crippen LogP contribution in [0, 0.1) is 67.6 Å². The van der Waals surface area contributed by atoms with Crippen molar-refractivity contribution in [1.82, 2.24) is 19.9 Å². The molecule has 0 bridgehead atoms. The van der Waals surface area contributed by atoms with Crippen molar-refractivity contribution in [2.45, 2.75) is 73.3 Å². The van der Waals surface area contributed by atoms with E-state index >= 15 is 0 Å². The van der Waals surface area contributed by atoms with E-state index in [1.54, 1.807) is 19.1 Å². The van der Waals surface area contributed by atoms with Crippen LogP contribution in [0.15, 0.2) is 312 Å². The molecule has 0 saturated carbocycles. The van der Waals surface area contributed by atoms with Crippen LogP contribution in [0.3, 0.4) is 0 Å². The zero-order valence-corrected chi connectivity index (χ0v) is 83.7. The minimum Gasteiger partial charge on any atom is -0.375 e. The van der Waals surface area contributed by atoms with Gasteiger partial charge >= 0.3 is 0 Å². The first kappa shape index (κ1) is 109. The van der Waals surface area contributed by atoms with Crippen LogP contribution in [0.1, 0.15) is 42.5 Å². The van der Waals surface area contributed by atoms with Crippen molar-refractivity contribution >= 4 is 242 Å². The Morgan fingerprint density at radius 2 is 0.831 bits per heavy atom. The third-order valence-corrected chi connectivity index (χ3v) is 29.2. The number of nitrogens with two attached hydrogens (primary N) is 1. The molecule has 0 amide bonds. The molecule has 16 rings (SSSR count). The Labute approximate surface area is 848 Å². The summed E-state index contributed by atoms with van der Waals surface area (Å²) in [6.45, 7) is 7.81. The maximum atomic E-state index is 12.5. The highest BCUT2D eigenvalue weighted by Gasteiger charge is 2.30. The van der Waals surface area contributed by atoms with Crippen LogP contribution in [0.25, 0.3) is 65.6 Å². The second-order valence-corrected chi connectivity index (χ2v) is 44.0. The fourth-order valence-electron chi connectivity index (χ4n) is 13.8. The quantitative estimate of drug-likeness (QED) is 0.00378. The van der Waals surface area contributed by atoms with Gasteiger partial charge in [-0.25, -0.2) is 24.1 Å². The minimum atomic E-state index is -5.13. The molecule has 59 heteroatoms. The predicted octanol–water partition coefficient (Wildman–Crippen LogP) is 20.7. The molecule has 1 atom stereocenters. The van der Waals surface area contributed by atoms with Gasteiger partial charge in [-0.05, 0) is 193 Å². The molecule has 0 saturated heterocycles. The Morgan fingerprint density at radius 3 is 1.25 bits per heavy atom. The Hall–Kier alpha value is -16.3. The third-order valence-electron chi connectivity index (χ3n) is 20.8. The van der Waals surface area contributed by atoms with Gasteiger partial charge < -0.3 is 36.4 Å². The molecule has 0 aliphatic carbocycles. The number of nitrogen functional groups attached to an aromatic ring is 1. The number of nitrogens with zero attached hydrogens (tertiary/aromatic N) is 15. The lowest BCUT2D eigenvalue weighted by Crippen LogP contribution is -2.05. The van der Waals surface area contributed by atoms with Gasteiger partial charge in [-0.1, -0.05) is 109 Å². The molecular weight excluding hydrogens is 2130 g/mol. The monoisotopic (exact) mass is 2200 g/mol. The summed E-state index contributed by atoms with van der Waals surface area (Å²) in [5.41, 5.74) is 8.06. The van der Waals surface area contributed by atoms with E-state index in [0.29, 0.717) is 64.2 Å². The lowest BCUT2D eigenvalue weighted by Gasteiger charge is -2.16. The SMILES string of the molecule is CC(C)CCON=O.Cc1c(C#N)c(Nc2ccc(S(=O)(=O)O)cc2)nc(Nc2ccc(S(=O)(=O)O)cc2)c1N=Nc1nc(-c2ccc3ccccc3c2)c(N=Nc2cc(S(=O)O)c3cc([N+](=O)[O-])cc(S(=O)(=O)O)c3c2)s1.Cc1cc(Nc2ccc(S(=O)(=O)O)cc2)nc(Nc2ccc(S(=O)(=O)O)cc2)c1C#N.Nc1nc(-c2ccc3ccccc3c2)c(N=Nc2cc(S(=O)(=O)O)c3cc([N+](=O)[O-])cc(S(=O)(=O)O)c3c2)s1. The van der Waals surface area contributed by atoms with Gasteiger partial charge in [0.2, 0.25) is 5.13 Å². The Morgan fingerprint density at radius 1 is 0.439 bits per heavy atom. The predicted molar refractivity (Wildman–Crippen MR) is 543 cm³/mol. The van der Waals surface area contributed by atoms with Crippen molar-refractivity contribution in [2.24, 2.45) is 41.9 Å². The highest BCUT2D eigenvalue weighted by Crippen LogP contribution is 2.47. The fraction of sp³-hybridized carbons (Fsp3) is 0.0787. The molecule has 0 radical (unpaired) electrons. The molecule has 0 aliphatic rings. The number of benzene rings is 12. The van der Waals surface area contributed by atoms with E-state index in [2.05, 4.69) is 108 Å². The first-order valence-electron chi connectivity index (χ1n) is 41.4. The number of nitro groups is 2. The number of anilines is 9. The number of pyridine rings is 2. The fourth-order valence-corrected chi connectivity index (χ4v) is 19.9. The summed E-state index contributed by atoms with van der Waals surface area (Å²) < 4.78 is 254. The third kappa shape index (κ3) is 27.1. The maximum absolute atomic E-state index is 12.5. The first-order chi connectivity index (χ1) is 69.6. The zero-order chi connectivity index (χ0) is 108. The number of rotatable bonds is 30. The smallest absolute Gasteiger partial charge is 0.295 e. The number of aryl methyl sites for hydroxylation is 1. The van der Waals surface area contributed by atoms with Crippen molar-refractivity contribution in [3.05, 3.63) is 284 Å². The molecule has 49 nitrogen and oxygen atoms in total. The maximum Gasteiger partial charge on any atom is 0.295 e. The average Bonchev–Trinajstić information content (AvgIpc) is 1.09. The highest BCUT2D eigenvalue weighted by molar-refractivity contribution is 7.87. The number of aromatic nitrogens is 4. The van der Waals surface area contributed by atoms with Crippen molar-refractivity contribution in [3.8, 4) is 34.7 Å². The zero-order valence-electron chi connectivity index (χ0n) is 75.5. The van der Waals surface area contributed by atoms with Gasteiger partial charge in [0.25, 0.3) is 82.2 Å². The average molecular weight is 2200 g/mol. The molecular formula is C89H70N20O29S10. The summed E-state index contributed by atoms with van der Waals surface area (Å²) in [6.07, 6.45) is 0.895. The summed E-state index contributed by atoms with van der Waals surface area (Å²) in [6, 6.07) is 58.9. The van der Waals surface area contributed by atoms with E-state index in [1.807, 2.05) is 78.9 Å². The number of thiazole rings is 2. The molecule has 0 spiro atoms. The van der Waals surface area contributed by atoms with Gasteiger partial charge in [-0.15, -0.1) is 35.6 Å². The molecule has 760 valence electrons. The van der Waals surface area contributed by atoms with E-state index in [0.717, 1.165) is 111 Å². The molecule has 12 aromatic carbocycles. The molecule has 14 N–H and O–H groups in total. The lowest BCUT2D eigenvalue weighted by atomic mass is 10.1. The van der Waals surface area contributed by atoms with Crippen LogP contribution in [0.2, 0.25) is 0 Å². The molecule has 4 heterocycles. The molecule has 16 aromatic rings. The molecule has 4 aromatic heterocycles. The summed E-state index contributed by atoms with van der Waals surface area (Å²) in [7, 11) is -32.9. The van der Waals surface area contributed by atoms with Crippen LogP contribution in [-0.4, -0.2) is 136 Å². The van der Waals surface area contributed by atoms with E-state index in [4.69, 9.17) is 14.8 Å². The standard InChI is InChI=1S/C42H28N10O13S5.C23H15N5O8S3.C19H16N4O6S2.C5H11NO2/c1-22-34(21-43)39(44-26-8-12-30(13-9-26)68(57,58)59)47-40(45-27-10-14-31(15-11-27)69(60,61)62)37(22)49-51-42-46-38(25-7-6-23-4-2-3-5-24(23)16-25)41(66-42)50-48-28-17-33-32(35(18-28)67(55)56)19-29(52(53)54)20-36(33)70(63,64)65;24-23-25-21(14-6-5-12-3-1-2-4-13(12)7-14)22(37-23)27-26-15-8-17-18(19(9-15)38(31,32)33)10-16(28(29)30)11-20(17)39(34,35)36;1-12-10-18(21-13-2-6-15(7-3-13)30(24,25)26)23-19(17(12)11-20)22-14-4-8-16(9-5-14)31(27,28)29;1-5(2)3-4-8-6-7/h2-20H,1H3,(H,55,56)(H2,44,45,47)(H,57,58,59)(H,60,61,62)(H,63,64,65);1-11H,(H2,24,25)(H,31,32,33)(H,34,35,36);2-10H,1H3,(H2,21,22,23)(H,24,25,26)(H,27,28,29);5H,3-4H2,1-2H3. The van der Waals surface area contributed by atoms with Crippen LogP contribution < -0.4 is 27.0 Å². The number of nitro benzene ring substituents is 2. The van der Waals surface area contributed by atoms with E-state index in [1.165, 1.54) is 79.7 Å². The van der Waals surface area contributed by atoms with Crippen LogP contribution in [-0.2, 0) is 86.7 Å². The number of hydrogen-bond acceptors (Lipinski definition) is 41. The topological polar surface area (TPSA) is 790 Å². The second-order valence-electron chi connectivity index (χ2n) is 31.3. The van der Waals surface area contributed by atoms with Crippen LogP contribution >= 0.6 is 22.7 Å². The Bertz CT molecular complexity index is 9150. The van der Waals surface area contributed by atoms with Crippen molar-refractivity contribution in [2.75, 3.05) is 33.6 Å². The normalized spacial score (nSPS) is 12.2. The second kappa shape index (κ2) is 44.7. The van der Waals surface area contributed by atoms with E-state index in [9.17, 15) is 126 Å². The molecule has 0 aliphatic heterocycles. The first-order valence-corrected chi connectivity index (χ1v) is 54.2. The summed E-state index contributed by atoms with van der Waals surface area (Å²) in [5.74, 6) is 1.05. The molecule has 0 fully saturated rings.